The lowest BCUT2D eigenvalue weighted by Crippen LogP contribution is -2.28. The molecule has 0 bridgehead atoms. The molecule has 1 N–H and O–H groups in total. The van der Waals surface area contributed by atoms with Crippen molar-refractivity contribution in [1.29, 1.82) is 0 Å². The van der Waals surface area contributed by atoms with E-state index in [2.05, 4.69) is 30.4 Å². The molecule has 176 valence electrons. The summed E-state index contributed by atoms with van der Waals surface area (Å²) in [6.45, 7) is 3.46. The van der Waals surface area contributed by atoms with Crippen molar-refractivity contribution in [3.05, 3.63) is 70.0 Å². The molecular formula is C23H25N7O4. The lowest BCUT2D eigenvalue weighted by atomic mass is 10.1. The Hall–Kier alpha value is -3.83. The van der Waals surface area contributed by atoms with Gasteiger partial charge in [-0.15, -0.1) is 5.10 Å². The molecule has 1 aliphatic heterocycles. The Balaban J connectivity index is 1.44. The molecule has 0 fully saturated rings. The van der Waals surface area contributed by atoms with Gasteiger partial charge >= 0.3 is 0 Å². The lowest BCUT2D eigenvalue weighted by molar-refractivity contribution is 0.172. The summed E-state index contributed by atoms with van der Waals surface area (Å²) in [6.07, 6.45) is 3.55. The van der Waals surface area contributed by atoms with Gasteiger partial charge in [-0.2, -0.15) is 0 Å². The van der Waals surface area contributed by atoms with Crippen LogP contribution in [0.15, 0.2) is 47.5 Å². The first-order valence-corrected chi connectivity index (χ1v) is 11.0. The number of tetrazole rings is 1. The van der Waals surface area contributed by atoms with E-state index in [1.807, 2.05) is 36.5 Å². The molecule has 34 heavy (non-hydrogen) atoms. The average molecular weight is 463 g/mol. The maximum absolute atomic E-state index is 13.0. The minimum atomic E-state index is -0.153. The molecule has 0 saturated carbocycles. The van der Waals surface area contributed by atoms with Crippen LogP contribution in [0.5, 0.6) is 11.5 Å². The van der Waals surface area contributed by atoms with Crippen molar-refractivity contribution >= 4 is 10.9 Å². The smallest absolute Gasteiger partial charge is 0.252 e. The molecule has 4 heterocycles. The summed E-state index contributed by atoms with van der Waals surface area (Å²) in [5, 5.41) is 12.9. The first-order valence-electron chi connectivity index (χ1n) is 11.0. The number of hydrogen-bond donors (Lipinski definition) is 1. The highest BCUT2D eigenvalue weighted by molar-refractivity contribution is 5.83. The molecule has 0 atom stereocenters. The van der Waals surface area contributed by atoms with Crippen molar-refractivity contribution in [2.45, 2.75) is 26.2 Å². The van der Waals surface area contributed by atoms with Gasteiger partial charge < -0.3 is 19.2 Å². The van der Waals surface area contributed by atoms with E-state index < -0.39 is 0 Å². The van der Waals surface area contributed by atoms with Crippen LogP contribution < -0.4 is 15.0 Å². The van der Waals surface area contributed by atoms with Gasteiger partial charge in [0.15, 0.2) is 17.3 Å². The summed E-state index contributed by atoms with van der Waals surface area (Å²) >= 11 is 0. The zero-order valence-electron chi connectivity index (χ0n) is 18.8. The van der Waals surface area contributed by atoms with Gasteiger partial charge in [0.25, 0.3) is 5.56 Å². The number of hydrogen-bond acceptors (Lipinski definition) is 9. The Labute approximate surface area is 195 Å². The Bertz CT molecular complexity index is 1320. The standard InChI is InChI=1S/C23H25N7O4/c1-32-6-5-30-22(26-27-28-30)15-29(13-16-3-2-4-24-12-16)14-18-9-17-10-20-21(34-8-7-33-20)11-19(17)25-23(18)31/h2-4,9-12H,5-8,13-15H2,1H3,(H,25,31). The summed E-state index contributed by atoms with van der Waals surface area (Å²) < 4.78 is 18.2. The Kier molecular flexibility index (Phi) is 6.45. The number of pyridine rings is 2. The van der Waals surface area contributed by atoms with E-state index in [0.717, 1.165) is 10.9 Å². The maximum atomic E-state index is 13.0. The Morgan fingerprint density at radius 1 is 1.15 bits per heavy atom. The number of benzene rings is 1. The number of fused-ring (bicyclic) bond motifs is 2. The van der Waals surface area contributed by atoms with E-state index in [4.69, 9.17) is 14.2 Å². The molecule has 0 aliphatic carbocycles. The molecule has 3 aromatic heterocycles. The van der Waals surface area contributed by atoms with E-state index in [9.17, 15) is 4.79 Å². The van der Waals surface area contributed by atoms with Crippen molar-refractivity contribution in [2.75, 3.05) is 26.9 Å². The third-order valence-electron chi connectivity index (χ3n) is 5.59. The average Bonchev–Trinajstić information content (AvgIpc) is 3.29. The summed E-state index contributed by atoms with van der Waals surface area (Å²) in [6, 6.07) is 9.51. The molecule has 0 amide bonds. The fourth-order valence-corrected chi connectivity index (χ4v) is 3.95. The van der Waals surface area contributed by atoms with E-state index >= 15 is 0 Å². The van der Waals surface area contributed by atoms with Crippen molar-refractivity contribution in [1.82, 2.24) is 35.1 Å². The number of nitrogens with zero attached hydrogens (tertiary/aromatic N) is 6. The van der Waals surface area contributed by atoms with Crippen LogP contribution in [0.25, 0.3) is 10.9 Å². The van der Waals surface area contributed by atoms with Crippen molar-refractivity contribution in [3.63, 3.8) is 0 Å². The van der Waals surface area contributed by atoms with Crippen molar-refractivity contribution < 1.29 is 14.2 Å². The number of aromatic amines is 1. The highest BCUT2D eigenvalue weighted by Crippen LogP contribution is 2.33. The molecule has 1 aliphatic rings. The molecule has 11 nitrogen and oxygen atoms in total. The van der Waals surface area contributed by atoms with Crippen molar-refractivity contribution in [3.8, 4) is 11.5 Å². The lowest BCUT2D eigenvalue weighted by Gasteiger charge is -2.22. The summed E-state index contributed by atoms with van der Waals surface area (Å²) in [5.74, 6) is 2.02. The number of H-pyrrole nitrogens is 1. The minimum Gasteiger partial charge on any atom is -0.486 e. The number of aromatic nitrogens is 6. The SMILES string of the molecule is COCCn1nnnc1CN(Cc1cccnc1)Cc1cc2cc3c(cc2[nH]c1=O)OCCO3. The van der Waals surface area contributed by atoms with Gasteiger partial charge in [0.1, 0.15) is 13.2 Å². The second-order valence-corrected chi connectivity index (χ2v) is 8.02. The summed E-state index contributed by atoms with van der Waals surface area (Å²) in [7, 11) is 1.64. The molecule has 4 aromatic rings. The van der Waals surface area contributed by atoms with Crippen LogP contribution >= 0.6 is 0 Å². The van der Waals surface area contributed by atoms with Crippen LogP contribution in [0.1, 0.15) is 17.0 Å². The molecule has 1 aromatic carbocycles. The zero-order valence-corrected chi connectivity index (χ0v) is 18.8. The zero-order chi connectivity index (χ0) is 23.3. The minimum absolute atomic E-state index is 0.153. The van der Waals surface area contributed by atoms with Gasteiger partial charge in [-0.25, -0.2) is 4.68 Å². The fourth-order valence-electron chi connectivity index (χ4n) is 3.95. The van der Waals surface area contributed by atoms with E-state index in [0.29, 0.717) is 74.4 Å². The first kappa shape index (κ1) is 22.0. The van der Waals surface area contributed by atoms with Gasteiger partial charge in [-0.3, -0.25) is 14.7 Å². The van der Waals surface area contributed by atoms with Crippen LogP contribution in [0.2, 0.25) is 0 Å². The largest absolute Gasteiger partial charge is 0.486 e. The second-order valence-electron chi connectivity index (χ2n) is 8.02. The molecule has 0 saturated heterocycles. The summed E-state index contributed by atoms with van der Waals surface area (Å²) in [5.41, 5.74) is 2.21. The third kappa shape index (κ3) is 4.90. The third-order valence-corrected chi connectivity index (χ3v) is 5.59. The molecule has 5 rings (SSSR count). The van der Waals surface area contributed by atoms with Crippen LogP contribution in [0.3, 0.4) is 0 Å². The Morgan fingerprint density at radius 3 is 2.79 bits per heavy atom. The van der Waals surface area contributed by atoms with E-state index in [-0.39, 0.29) is 5.56 Å². The molecule has 0 spiro atoms. The number of rotatable bonds is 9. The quantitative estimate of drug-likeness (QED) is 0.394. The topological polar surface area (TPSA) is 120 Å². The molecule has 11 heteroatoms. The Morgan fingerprint density at radius 2 is 2.00 bits per heavy atom. The fraction of sp³-hybridized carbons (Fsp3) is 0.348. The predicted octanol–water partition coefficient (Wildman–Crippen LogP) is 1.53. The molecular weight excluding hydrogens is 438 g/mol. The maximum Gasteiger partial charge on any atom is 0.252 e. The van der Waals surface area contributed by atoms with E-state index in [1.165, 1.54) is 0 Å². The van der Waals surface area contributed by atoms with Crippen LogP contribution in [0, 0.1) is 0 Å². The van der Waals surface area contributed by atoms with Gasteiger partial charge in [0.2, 0.25) is 0 Å². The van der Waals surface area contributed by atoms with Crippen molar-refractivity contribution in [2.24, 2.45) is 0 Å². The second kappa shape index (κ2) is 9.98. The first-order chi connectivity index (χ1) is 16.7. The van der Waals surface area contributed by atoms with Crippen LogP contribution in [-0.2, 0) is 30.9 Å². The molecule has 0 radical (unpaired) electrons. The highest BCUT2D eigenvalue weighted by atomic mass is 16.6. The monoisotopic (exact) mass is 463 g/mol. The van der Waals surface area contributed by atoms with Gasteiger partial charge in [0, 0.05) is 49.6 Å². The number of nitrogens with one attached hydrogen (secondary N) is 1. The number of ether oxygens (including phenoxy) is 3. The van der Waals surface area contributed by atoms with Gasteiger partial charge in [-0.1, -0.05) is 6.07 Å². The number of methoxy groups -OCH3 is 1. The van der Waals surface area contributed by atoms with Gasteiger partial charge in [0.05, 0.1) is 25.2 Å². The van der Waals surface area contributed by atoms with Crippen LogP contribution in [-0.4, -0.2) is 62.0 Å². The van der Waals surface area contributed by atoms with Gasteiger partial charge in [-0.05, 0) is 34.2 Å². The summed E-state index contributed by atoms with van der Waals surface area (Å²) in [4.78, 5) is 22.3. The predicted molar refractivity (Wildman–Crippen MR) is 122 cm³/mol. The molecule has 0 unspecified atom stereocenters. The van der Waals surface area contributed by atoms with Crippen LogP contribution in [0.4, 0.5) is 0 Å². The normalized spacial score (nSPS) is 13.0. The van der Waals surface area contributed by atoms with E-state index in [1.54, 1.807) is 18.0 Å². The highest BCUT2D eigenvalue weighted by Gasteiger charge is 2.18.